The smallest absolute Gasteiger partial charge is 0.243 e. The van der Waals surface area contributed by atoms with Crippen molar-refractivity contribution in [3.05, 3.63) is 12.4 Å². The molecular weight excluding hydrogens is 240 g/mol. The number of nitrogens with zero attached hydrogens (tertiary/aromatic N) is 1. The van der Waals surface area contributed by atoms with E-state index in [1.165, 1.54) is 12.4 Å². The van der Waals surface area contributed by atoms with Gasteiger partial charge < -0.3 is 5.32 Å². The molecule has 96 valence electrons. The largest absolute Gasteiger partial charge is 0.316 e. The molecule has 1 aromatic heterocycles. The summed E-state index contributed by atoms with van der Waals surface area (Å²) < 4.78 is 26.6. The summed E-state index contributed by atoms with van der Waals surface area (Å²) in [5.74, 6) is 0.352. The van der Waals surface area contributed by atoms with Crippen molar-refractivity contribution in [2.24, 2.45) is 5.92 Å². The lowest BCUT2D eigenvalue weighted by atomic mass is 9.94. The standard InChI is InChI=1S/C10H18N4O2S/c1-8(9-3-2-4-11-5-9)14-17(15,16)10-6-12-13-7-10/h6-9,11,14H,2-5H2,1H3,(H,12,13). The van der Waals surface area contributed by atoms with Crippen LogP contribution < -0.4 is 10.0 Å². The van der Waals surface area contributed by atoms with Crippen LogP contribution in [0.15, 0.2) is 17.3 Å². The molecule has 6 nitrogen and oxygen atoms in total. The second-order valence-electron chi connectivity index (χ2n) is 4.45. The van der Waals surface area contributed by atoms with Gasteiger partial charge in [-0.15, -0.1) is 0 Å². The van der Waals surface area contributed by atoms with Crippen molar-refractivity contribution < 1.29 is 8.42 Å². The van der Waals surface area contributed by atoms with Crippen LogP contribution in [0.3, 0.4) is 0 Å². The van der Waals surface area contributed by atoms with Gasteiger partial charge in [0.25, 0.3) is 0 Å². The first kappa shape index (κ1) is 12.5. The molecule has 1 aromatic rings. The molecular formula is C10H18N4O2S. The molecule has 0 amide bonds. The molecule has 7 heteroatoms. The summed E-state index contributed by atoms with van der Waals surface area (Å²) in [7, 11) is -3.44. The Morgan fingerprint density at radius 1 is 1.59 bits per heavy atom. The van der Waals surface area contributed by atoms with E-state index in [0.29, 0.717) is 5.92 Å². The Kier molecular flexibility index (Phi) is 3.80. The third-order valence-corrected chi connectivity index (χ3v) is 4.69. The van der Waals surface area contributed by atoms with Gasteiger partial charge in [-0.05, 0) is 38.8 Å². The molecule has 2 rings (SSSR count). The molecule has 2 atom stereocenters. The van der Waals surface area contributed by atoms with E-state index >= 15 is 0 Å². The summed E-state index contributed by atoms with van der Waals surface area (Å²) in [5.41, 5.74) is 0. The predicted octanol–water partition coefficient (Wildman–Crippen LogP) is 0.0761. The Labute approximate surface area is 101 Å². The van der Waals surface area contributed by atoms with Gasteiger partial charge in [0.1, 0.15) is 4.90 Å². The highest BCUT2D eigenvalue weighted by atomic mass is 32.2. The fraction of sp³-hybridized carbons (Fsp3) is 0.700. The molecule has 3 N–H and O–H groups in total. The fourth-order valence-corrected chi connectivity index (χ4v) is 3.32. The normalized spacial score (nSPS) is 23.5. The lowest BCUT2D eigenvalue weighted by molar-refractivity contribution is 0.320. The van der Waals surface area contributed by atoms with Crippen molar-refractivity contribution in [1.82, 2.24) is 20.2 Å². The van der Waals surface area contributed by atoms with Gasteiger partial charge in [0.05, 0.1) is 6.20 Å². The van der Waals surface area contributed by atoms with Crippen molar-refractivity contribution in [2.45, 2.75) is 30.7 Å². The van der Waals surface area contributed by atoms with Crippen LogP contribution in [0.25, 0.3) is 0 Å². The zero-order valence-corrected chi connectivity index (χ0v) is 10.6. The number of sulfonamides is 1. The lowest BCUT2D eigenvalue weighted by Gasteiger charge is -2.28. The summed E-state index contributed by atoms with van der Waals surface area (Å²) in [6.07, 6.45) is 4.85. The Morgan fingerprint density at radius 3 is 3.00 bits per heavy atom. The molecule has 0 spiro atoms. The summed E-state index contributed by atoms with van der Waals surface area (Å²) in [6, 6.07) is -0.0669. The maximum absolute atomic E-state index is 12.0. The van der Waals surface area contributed by atoms with Crippen LogP contribution in [-0.2, 0) is 10.0 Å². The van der Waals surface area contributed by atoms with Crippen LogP contribution in [0.1, 0.15) is 19.8 Å². The number of H-pyrrole nitrogens is 1. The minimum atomic E-state index is -3.44. The summed E-state index contributed by atoms with van der Waals surface area (Å²) in [6.45, 7) is 3.81. The molecule has 0 saturated carbocycles. The summed E-state index contributed by atoms with van der Waals surface area (Å²) >= 11 is 0. The molecule has 0 aromatic carbocycles. The van der Waals surface area contributed by atoms with Crippen LogP contribution in [0.4, 0.5) is 0 Å². The highest BCUT2D eigenvalue weighted by Gasteiger charge is 2.25. The minimum Gasteiger partial charge on any atom is -0.316 e. The molecule has 2 heterocycles. The number of nitrogens with one attached hydrogen (secondary N) is 3. The number of aromatic amines is 1. The van der Waals surface area contributed by atoms with Crippen LogP contribution in [0.2, 0.25) is 0 Å². The number of aromatic nitrogens is 2. The van der Waals surface area contributed by atoms with Gasteiger partial charge in [0.15, 0.2) is 0 Å². The van der Waals surface area contributed by atoms with Crippen molar-refractivity contribution >= 4 is 10.0 Å². The van der Waals surface area contributed by atoms with E-state index in [-0.39, 0.29) is 10.9 Å². The van der Waals surface area contributed by atoms with Gasteiger partial charge in [0, 0.05) is 12.2 Å². The molecule has 0 aliphatic carbocycles. The van der Waals surface area contributed by atoms with E-state index in [1.54, 1.807) is 0 Å². The van der Waals surface area contributed by atoms with Crippen LogP contribution in [0, 0.1) is 5.92 Å². The minimum absolute atomic E-state index is 0.0669. The Bertz CT molecular complexity index is 437. The van der Waals surface area contributed by atoms with E-state index < -0.39 is 10.0 Å². The summed E-state index contributed by atoms with van der Waals surface area (Å²) in [4.78, 5) is 0.188. The van der Waals surface area contributed by atoms with E-state index in [4.69, 9.17) is 0 Å². The second kappa shape index (κ2) is 5.16. The fourth-order valence-electron chi connectivity index (χ4n) is 2.10. The van der Waals surface area contributed by atoms with Crippen LogP contribution in [-0.4, -0.2) is 37.7 Å². The molecule has 2 unspecified atom stereocenters. The first-order valence-corrected chi connectivity index (χ1v) is 7.30. The van der Waals surface area contributed by atoms with Crippen molar-refractivity contribution in [2.75, 3.05) is 13.1 Å². The van der Waals surface area contributed by atoms with Gasteiger partial charge >= 0.3 is 0 Å². The van der Waals surface area contributed by atoms with Crippen molar-refractivity contribution in [3.63, 3.8) is 0 Å². The van der Waals surface area contributed by atoms with Gasteiger partial charge in [-0.3, -0.25) is 5.10 Å². The van der Waals surface area contributed by atoms with Crippen molar-refractivity contribution in [3.8, 4) is 0 Å². The SMILES string of the molecule is CC(NS(=O)(=O)c1cn[nH]c1)C1CCCNC1. The van der Waals surface area contributed by atoms with Gasteiger partial charge in [-0.25, -0.2) is 13.1 Å². The van der Waals surface area contributed by atoms with E-state index in [1.807, 2.05) is 6.92 Å². The third kappa shape index (κ3) is 3.05. The molecule has 1 aliphatic heterocycles. The van der Waals surface area contributed by atoms with Gasteiger partial charge in [-0.1, -0.05) is 0 Å². The maximum atomic E-state index is 12.0. The monoisotopic (exact) mass is 258 g/mol. The molecule has 0 radical (unpaired) electrons. The highest BCUT2D eigenvalue weighted by Crippen LogP contribution is 2.16. The summed E-state index contributed by atoms with van der Waals surface area (Å²) in [5, 5.41) is 9.44. The molecule has 0 bridgehead atoms. The Balaban J connectivity index is 2.00. The van der Waals surface area contributed by atoms with E-state index in [9.17, 15) is 8.42 Å². The zero-order valence-electron chi connectivity index (χ0n) is 9.81. The lowest BCUT2D eigenvalue weighted by Crippen LogP contribution is -2.44. The van der Waals surface area contributed by atoms with E-state index in [0.717, 1.165) is 25.9 Å². The van der Waals surface area contributed by atoms with Crippen LogP contribution in [0.5, 0.6) is 0 Å². The number of hydrogen-bond donors (Lipinski definition) is 3. The van der Waals surface area contributed by atoms with Crippen molar-refractivity contribution in [1.29, 1.82) is 0 Å². The maximum Gasteiger partial charge on any atom is 0.243 e. The zero-order chi connectivity index (χ0) is 12.3. The van der Waals surface area contributed by atoms with Gasteiger partial charge in [0.2, 0.25) is 10.0 Å². The number of piperidine rings is 1. The average Bonchev–Trinajstić information content (AvgIpc) is 2.84. The molecule has 1 aliphatic rings. The molecule has 1 saturated heterocycles. The highest BCUT2D eigenvalue weighted by molar-refractivity contribution is 7.89. The first-order chi connectivity index (χ1) is 8.09. The molecule has 17 heavy (non-hydrogen) atoms. The van der Waals surface area contributed by atoms with Gasteiger partial charge in [-0.2, -0.15) is 5.10 Å². The topological polar surface area (TPSA) is 86.9 Å². The Hall–Kier alpha value is -0.920. The quantitative estimate of drug-likeness (QED) is 0.713. The third-order valence-electron chi connectivity index (χ3n) is 3.17. The average molecular weight is 258 g/mol. The Morgan fingerprint density at radius 2 is 2.41 bits per heavy atom. The number of rotatable bonds is 4. The first-order valence-electron chi connectivity index (χ1n) is 5.81. The predicted molar refractivity (Wildman–Crippen MR) is 64.0 cm³/mol. The van der Waals surface area contributed by atoms with E-state index in [2.05, 4.69) is 20.2 Å². The molecule has 1 fully saturated rings. The van der Waals surface area contributed by atoms with Crippen LogP contribution >= 0.6 is 0 Å². The number of hydrogen-bond acceptors (Lipinski definition) is 4. The second-order valence-corrected chi connectivity index (χ2v) is 6.16.